The van der Waals surface area contributed by atoms with Crippen molar-refractivity contribution in [2.45, 2.75) is 32.3 Å². The molecule has 0 aromatic carbocycles. The average Bonchev–Trinajstić information content (AvgIpc) is 3.11. The molecule has 4 nitrogen and oxygen atoms in total. The van der Waals surface area contributed by atoms with Gasteiger partial charge < -0.3 is 9.64 Å². The Kier molecular flexibility index (Phi) is 3.31. The summed E-state index contributed by atoms with van der Waals surface area (Å²) in [4.78, 5) is 17.7. The van der Waals surface area contributed by atoms with Crippen molar-refractivity contribution in [3.05, 3.63) is 23.5 Å². The number of carbonyl (C=O) groups excluding carboxylic acids is 1. The first-order valence-electron chi connectivity index (χ1n) is 5.99. The summed E-state index contributed by atoms with van der Waals surface area (Å²) in [6, 6.07) is 1.93. The lowest BCUT2D eigenvalue weighted by molar-refractivity contribution is 0.0820. The highest BCUT2D eigenvalue weighted by Crippen LogP contribution is 2.27. The van der Waals surface area contributed by atoms with Gasteiger partial charge in [0.1, 0.15) is 11.4 Å². The van der Waals surface area contributed by atoms with Crippen molar-refractivity contribution in [2.75, 3.05) is 14.1 Å². The van der Waals surface area contributed by atoms with Crippen molar-refractivity contribution in [3.8, 4) is 5.75 Å². The number of hydrogen-bond donors (Lipinski definition) is 0. The molecular formula is C13H18N2O2. The molecular weight excluding hydrogens is 216 g/mol. The summed E-state index contributed by atoms with van der Waals surface area (Å²) < 4.78 is 5.68. The van der Waals surface area contributed by atoms with Crippen LogP contribution in [0, 0.1) is 0 Å². The highest BCUT2D eigenvalue weighted by atomic mass is 16.5. The van der Waals surface area contributed by atoms with Crippen LogP contribution in [0.15, 0.2) is 12.3 Å². The number of nitrogens with zero attached hydrogens (tertiary/aromatic N) is 2. The fraction of sp³-hybridized carbons (Fsp3) is 0.538. The normalized spacial score (nSPS) is 14.5. The third kappa shape index (κ3) is 2.75. The Balaban J connectivity index is 2.23. The highest BCUT2D eigenvalue weighted by Gasteiger charge is 2.24. The number of hydrogen-bond acceptors (Lipinski definition) is 3. The monoisotopic (exact) mass is 234 g/mol. The zero-order chi connectivity index (χ0) is 12.4. The van der Waals surface area contributed by atoms with E-state index in [4.69, 9.17) is 4.74 Å². The largest absolute Gasteiger partial charge is 0.489 e. The second-order valence-corrected chi connectivity index (χ2v) is 4.55. The fourth-order valence-electron chi connectivity index (χ4n) is 1.61. The second kappa shape index (κ2) is 4.73. The third-order valence-corrected chi connectivity index (χ3v) is 2.76. The van der Waals surface area contributed by atoms with Crippen molar-refractivity contribution < 1.29 is 9.53 Å². The summed E-state index contributed by atoms with van der Waals surface area (Å²) in [6.45, 7) is 2.02. The minimum atomic E-state index is -0.0557. The van der Waals surface area contributed by atoms with Gasteiger partial charge in [0.15, 0.2) is 0 Å². The summed E-state index contributed by atoms with van der Waals surface area (Å²) in [5.74, 6) is 0.722. The Morgan fingerprint density at radius 1 is 1.53 bits per heavy atom. The van der Waals surface area contributed by atoms with E-state index in [1.807, 2.05) is 13.0 Å². The van der Waals surface area contributed by atoms with E-state index in [2.05, 4.69) is 4.98 Å². The maximum atomic E-state index is 11.9. The van der Waals surface area contributed by atoms with Gasteiger partial charge in [-0.1, -0.05) is 6.92 Å². The van der Waals surface area contributed by atoms with E-state index >= 15 is 0 Å². The van der Waals surface area contributed by atoms with Crippen LogP contribution in [0.2, 0.25) is 0 Å². The molecule has 1 heterocycles. The van der Waals surface area contributed by atoms with Gasteiger partial charge in [-0.15, -0.1) is 0 Å². The Hall–Kier alpha value is -1.58. The van der Waals surface area contributed by atoms with E-state index in [1.54, 1.807) is 25.2 Å². The first kappa shape index (κ1) is 11.9. The van der Waals surface area contributed by atoms with Gasteiger partial charge in [0.2, 0.25) is 0 Å². The quantitative estimate of drug-likeness (QED) is 0.799. The van der Waals surface area contributed by atoms with Crippen LogP contribution in [-0.2, 0) is 6.42 Å². The number of amides is 1. The lowest BCUT2D eigenvalue weighted by atomic mass is 10.1. The fourth-order valence-corrected chi connectivity index (χ4v) is 1.61. The van der Waals surface area contributed by atoms with Crippen LogP contribution in [-0.4, -0.2) is 36.0 Å². The molecule has 4 heteroatoms. The molecule has 1 aliphatic rings. The number of rotatable bonds is 4. The van der Waals surface area contributed by atoms with Crippen LogP contribution in [0.1, 0.15) is 35.8 Å². The number of carbonyl (C=O) groups is 1. The predicted octanol–water partition coefficient (Wildman–Crippen LogP) is 1.89. The Morgan fingerprint density at radius 2 is 2.24 bits per heavy atom. The van der Waals surface area contributed by atoms with Gasteiger partial charge in [-0.05, 0) is 30.9 Å². The van der Waals surface area contributed by atoms with Crippen LogP contribution >= 0.6 is 0 Å². The van der Waals surface area contributed by atoms with Crippen LogP contribution in [0.4, 0.5) is 0 Å². The van der Waals surface area contributed by atoms with Crippen molar-refractivity contribution in [1.29, 1.82) is 0 Å². The Morgan fingerprint density at radius 3 is 2.76 bits per heavy atom. The number of aromatic nitrogens is 1. The van der Waals surface area contributed by atoms with E-state index in [0.29, 0.717) is 11.8 Å². The number of ether oxygens (including phenoxy) is 1. The smallest absolute Gasteiger partial charge is 0.272 e. The molecule has 0 N–H and O–H groups in total. The average molecular weight is 234 g/mol. The predicted molar refractivity (Wildman–Crippen MR) is 65.3 cm³/mol. The first-order chi connectivity index (χ1) is 8.11. The summed E-state index contributed by atoms with van der Waals surface area (Å²) in [7, 11) is 3.47. The highest BCUT2D eigenvalue weighted by molar-refractivity contribution is 5.93. The van der Waals surface area contributed by atoms with E-state index < -0.39 is 0 Å². The summed E-state index contributed by atoms with van der Waals surface area (Å²) in [5.41, 5.74) is 1.47. The molecule has 1 fully saturated rings. The van der Waals surface area contributed by atoms with Crippen LogP contribution < -0.4 is 4.74 Å². The van der Waals surface area contributed by atoms with Crippen molar-refractivity contribution in [3.63, 3.8) is 0 Å². The second-order valence-electron chi connectivity index (χ2n) is 4.55. The van der Waals surface area contributed by atoms with Gasteiger partial charge in [0, 0.05) is 14.1 Å². The zero-order valence-electron chi connectivity index (χ0n) is 10.6. The van der Waals surface area contributed by atoms with Crippen molar-refractivity contribution >= 4 is 5.91 Å². The molecule has 0 bridgehead atoms. The van der Waals surface area contributed by atoms with Gasteiger partial charge in [0.25, 0.3) is 5.91 Å². The van der Waals surface area contributed by atoms with Gasteiger partial charge in [-0.3, -0.25) is 4.79 Å². The summed E-state index contributed by atoms with van der Waals surface area (Å²) in [6.07, 6.45) is 5.04. The maximum Gasteiger partial charge on any atom is 0.272 e. The molecule has 0 atom stereocenters. The number of aryl methyl sites for hydroxylation is 1. The molecule has 1 amide bonds. The molecule has 0 unspecified atom stereocenters. The van der Waals surface area contributed by atoms with E-state index in [-0.39, 0.29) is 5.91 Å². The molecule has 1 aromatic heterocycles. The molecule has 0 spiro atoms. The summed E-state index contributed by atoms with van der Waals surface area (Å²) >= 11 is 0. The third-order valence-electron chi connectivity index (χ3n) is 2.76. The van der Waals surface area contributed by atoms with E-state index in [0.717, 1.165) is 30.6 Å². The maximum absolute atomic E-state index is 11.9. The molecule has 0 radical (unpaired) electrons. The Bertz CT molecular complexity index is 425. The van der Waals surface area contributed by atoms with Gasteiger partial charge in [-0.25, -0.2) is 4.98 Å². The van der Waals surface area contributed by atoms with Gasteiger partial charge in [0.05, 0.1) is 12.3 Å². The van der Waals surface area contributed by atoms with Crippen molar-refractivity contribution in [1.82, 2.24) is 9.88 Å². The van der Waals surface area contributed by atoms with Crippen LogP contribution in [0.3, 0.4) is 0 Å². The lowest BCUT2D eigenvalue weighted by Gasteiger charge is -2.13. The van der Waals surface area contributed by atoms with E-state index in [1.165, 1.54) is 0 Å². The molecule has 17 heavy (non-hydrogen) atoms. The molecule has 92 valence electrons. The SMILES string of the molecule is CCc1cc(OC2CC2)cnc1C(=O)N(C)C. The lowest BCUT2D eigenvalue weighted by Crippen LogP contribution is -2.24. The minimum Gasteiger partial charge on any atom is -0.489 e. The molecule has 2 rings (SSSR count). The van der Waals surface area contributed by atoms with E-state index in [9.17, 15) is 4.79 Å². The number of pyridine rings is 1. The van der Waals surface area contributed by atoms with Crippen molar-refractivity contribution in [2.24, 2.45) is 0 Å². The molecule has 1 aromatic rings. The Labute approximate surface area is 102 Å². The van der Waals surface area contributed by atoms with Crippen LogP contribution in [0.25, 0.3) is 0 Å². The molecule has 0 saturated heterocycles. The first-order valence-corrected chi connectivity index (χ1v) is 5.99. The molecule has 0 aliphatic heterocycles. The van der Waals surface area contributed by atoms with Gasteiger partial charge in [-0.2, -0.15) is 0 Å². The zero-order valence-corrected chi connectivity index (χ0v) is 10.6. The van der Waals surface area contributed by atoms with Crippen LogP contribution in [0.5, 0.6) is 5.75 Å². The topological polar surface area (TPSA) is 42.4 Å². The van der Waals surface area contributed by atoms with Gasteiger partial charge >= 0.3 is 0 Å². The summed E-state index contributed by atoms with van der Waals surface area (Å²) in [5, 5.41) is 0. The molecule has 1 aliphatic carbocycles. The minimum absolute atomic E-state index is 0.0557. The standard InChI is InChI=1S/C13H18N2O2/c1-4-9-7-11(17-10-5-6-10)8-14-12(9)13(16)15(2)3/h7-8,10H,4-6H2,1-3H3. The molecule has 1 saturated carbocycles.